The summed E-state index contributed by atoms with van der Waals surface area (Å²) in [4.78, 5) is 0. The van der Waals surface area contributed by atoms with E-state index in [1.54, 1.807) is 0 Å². The van der Waals surface area contributed by atoms with Gasteiger partial charge in [-0.05, 0) is 26.3 Å². The Hall–Kier alpha value is -0.300. The van der Waals surface area contributed by atoms with Gasteiger partial charge in [-0.1, -0.05) is 13.0 Å². The Kier molecular flexibility index (Phi) is 5.64. The van der Waals surface area contributed by atoms with Crippen molar-refractivity contribution >= 4 is 0 Å². The van der Waals surface area contributed by atoms with E-state index in [9.17, 15) is 0 Å². The highest BCUT2D eigenvalue weighted by Crippen LogP contribution is 1.87. The maximum atomic E-state index is 3.64. The van der Waals surface area contributed by atoms with Gasteiger partial charge in [-0.15, -0.1) is 6.58 Å². The molecule has 1 nitrogen and oxygen atoms in total. The van der Waals surface area contributed by atoms with Crippen molar-refractivity contribution in [2.24, 2.45) is 0 Å². The predicted molar refractivity (Wildman–Crippen MR) is 42.6 cm³/mol. The van der Waals surface area contributed by atoms with E-state index in [2.05, 4.69) is 25.7 Å². The highest BCUT2D eigenvalue weighted by atomic mass is 14.9. The summed E-state index contributed by atoms with van der Waals surface area (Å²) in [6.45, 7) is 9.09. The van der Waals surface area contributed by atoms with Gasteiger partial charge in [-0.2, -0.15) is 0 Å². The maximum Gasteiger partial charge on any atom is 0.00362 e. The highest BCUT2D eigenvalue weighted by molar-refractivity contribution is 4.68. The van der Waals surface area contributed by atoms with Crippen molar-refractivity contribution < 1.29 is 0 Å². The molecule has 0 heterocycles. The lowest BCUT2D eigenvalue weighted by Crippen LogP contribution is -2.25. The smallest absolute Gasteiger partial charge is 0.00362 e. The first-order valence-corrected chi connectivity index (χ1v) is 3.65. The van der Waals surface area contributed by atoms with E-state index in [-0.39, 0.29) is 0 Å². The normalized spacial score (nSPS) is 13.1. The van der Waals surface area contributed by atoms with Gasteiger partial charge in [-0.3, -0.25) is 0 Å². The molecule has 0 aliphatic heterocycles. The molecule has 0 spiro atoms. The Morgan fingerprint density at radius 3 is 2.78 bits per heavy atom. The molecular formula is C8H17N. The molecule has 1 N–H and O–H groups in total. The molecule has 0 amide bonds. The molecule has 0 saturated carbocycles. The van der Waals surface area contributed by atoms with E-state index in [4.69, 9.17) is 0 Å². The first-order chi connectivity index (χ1) is 4.31. The third kappa shape index (κ3) is 5.57. The first kappa shape index (κ1) is 8.70. The summed E-state index contributed by atoms with van der Waals surface area (Å²) in [6, 6.07) is 0.657. The van der Waals surface area contributed by atoms with E-state index in [0.717, 1.165) is 13.0 Å². The Morgan fingerprint density at radius 2 is 2.33 bits per heavy atom. The molecule has 0 aromatic rings. The van der Waals surface area contributed by atoms with Crippen LogP contribution in [0.2, 0.25) is 0 Å². The topological polar surface area (TPSA) is 12.0 Å². The molecule has 54 valence electrons. The number of hydrogen-bond donors (Lipinski definition) is 1. The zero-order valence-electron chi connectivity index (χ0n) is 6.48. The lowest BCUT2D eigenvalue weighted by molar-refractivity contribution is 0.540. The van der Waals surface area contributed by atoms with Gasteiger partial charge in [0.25, 0.3) is 0 Å². The summed E-state index contributed by atoms with van der Waals surface area (Å²) >= 11 is 0. The standard InChI is InChI=1S/C8H17N/c1-4-6-7-9-8(3)5-2/h4,8-9H,1,5-7H2,2-3H3. The van der Waals surface area contributed by atoms with Crippen molar-refractivity contribution in [3.8, 4) is 0 Å². The lowest BCUT2D eigenvalue weighted by atomic mass is 10.2. The van der Waals surface area contributed by atoms with Crippen molar-refractivity contribution in [2.45, 2.75) is 32.7 Å². The second-order valence-corrected chi connectivity index (χ2v) is 2.34. The van der Waals surface area contributed by atoms with E-state index in [0.29, 0.717) is 6.04 Å². The largest absolute Gasteiger partial charge is 0.314 e. The average Bonchev–Trinajstić information content (AvgIpc) is 1.89. The fourth-order valence-corrected chi connectivity index (χ4v) is 0.576. The molecule has 0 fully saturated rings. The van der Waals surface area contributed by atoms with Gasteiger partial charge in [0.05, 0.1) is 0 Å². The Bertz CT molecular complexity index is 69.0. The van der Waals surface area contributed by atoms with Gasteiger partial charge in [0.1, 0.15) is 0 Å². The number of nitrogens with one attached hydrogen (secondary N) is 1. The molecule has 0 aromatic heterocycles. The quantitative estimate of drug-likeness (QED) is 0.439. The van der Waals surface area contributed by atoms with Gasteiger partial charge in [-0.25, -0.2) is 0 Å². The number of rotatable bonds is 5. The van der Waals surface area contributed by atoms with Crippen LogP contribution in [0.4, 0.5) is 0 Å². The van der Waals surface area contributed by atoms with E-state index < -0.39 is 0 Å². The summed E-state index contributed by atoms with van der Waals surface area (Å²) in [5, 5.41) is 3.36. The van der Waals surface area contributed by atoms with Gasteiger partial charge in [0, 0.05) is 6.04 Å². The van der Waals surface area contributed by atoms with Crippen LogP contribution in [0, 0.1) is 0 Å². The van der Waals surface area contributed by atoms with Crippen LogP contribution in [0.1, 0.15) is 26.7 Å². The third-order valence-corrected chi connectivity index (χ3v) is 1.45. The van der Waals surface area contributed by atoms with Crippen LogP contribution in [-0.4, -0.2) is 12.6 Å². The second-order valence-electron chi connectivity index (χ2n) is 2.34. The van der Waals surface area contributed by atoms with Crippen molar-refractivity contribution in [1.82, 2.24) is 5.32 Å². The average molecular weight is 127 g/mol. The second kappa shape index (κ2) is 5.83. The van der Waals surface area contributed by atoms with Crippen molar-refractivity contribution in [3.05, 3.63) is 12.7 Å². The molecule has 0 saturated heterocycles. The van der Waals surface area contributed by atoms with E-state index in [1.807, 2.05) is 6.08 Å². The molecule has 0 radical (unpaired) electrons. The van der Waals surface area contributed by atoms with Gasteiger partial charge >= 0.3 is 0 Å². The Balaban J connectivity index is 2.96. The van der Waals surface area contributed by atoms with Gasteiger partial charge in [0.2, 0.25) is 0 Å². The first-order valence-electron chi connectivity index (χ1n) is 3.65. The lowest BCUT2D eigenvalue weighted by Gasteiger charge is -2.08. The third-order valence-electron chi connectivity index (χ3n) is 1.45. The Morgan fingerprint density at radius 1 is 1.67 bits per heavy atom. The van der Waals surface area contributed by atoms with Crippen LogP contribution in [0.3, 0.4) is 0 Å². The maximum absolute atomic E-state index is 3.64. The van der Waals surface area contributed by atoms with E-state index >= 15 is 0 Å². The summed E-state index contributed by atoms with van der Waals surface area (Å²) in [6.07, 6.45) is 4.22. The monoisotopic (exact) mass is 127 g/mol. The molecular weight excluding hydrogens is 110 g/mol. The van der Waals surface area contributed by atoms with Crippen molar-refractivity contribution in [1.29, 1.82) is 0 Å². The summed E-state index contributed by atoms with van der Waals surface area (Å²) in [5.74, 6) is 0. The summed E-state index contributed by atoms with van der Waals surface area (Å²) in [5.41, 5.74) is 0. The molecule has 0 aliphatic rings. The molecule has 9 heavy (non-hydrogen) atoms. The molecule has 0 aromatic carbocycles. The van der Waals surface area contributed by atoms with Gasteiger partial charge < -0.3 is 5.32 Å². The van der Waals surface area contributed by atoms with Crippen LogP contribution in [-0.2, 0) is 0 Å². The zero-order chi connectivity index (χ0) is 7.11. The molecule has 0 aliphatic carbocycles. The molecule has 1 unspecified atom stereocenters. The minimum atomic E-state index is 0.657. The number of hydrogen-bond acceptors (Lipinski definition) is 1. The fraction of sp³-hybridized carbons (Fsp3) is 0.750. The predicted octanol–water partition coefficient (Wildman–Crippen LogP) is 1.95. The minimum Gasteiger partial charge on any atom is -0.314 e. The summed E-state index contributed by atoms with van der Waals surface area (Å²) in [7, 11) is 0. The van der Waals surface area contributed by atoms with Crippen LogP contribution in [0.15, 0.2) is 12.7 Å². The summed E-state index contributed by atoms with van der Waals surface area (Å²) < 4.78 is 0. The minimum absolute atomic E-state index is 0.657. The Labute approximate surface area is 58.2 Å². The van der Waals surface area contributed by atoms with E-state index in [1.165, 1.54) is 6.42 Å². The van der Waals surface area contributed by atoms with Crippen LogP contribution < -0.4 is 5.32 Å². The van der Waals surface area contributed by atoms with Gasteiger partial charge in [0.15, 0.2) is 0 Å². The van der Waals surface area contributed by atoms with Crippen molar-refractivity contribution in [3.63, 3.8) is 0 Å². The highest BCUT2D eigenvalue weighted by Gasteiger charge is 1.92. The van der Waals surface area contributed by atoms with Crippen LogP contribution in [0.25, 0.3) is 0 Å². The molecule has 1 atom stereocenters. The molecule has 0 rings (SSSR count). The molecule has 1 heteroatoms. The zero-order valence-corrected chi connectivity index (χ0v) is 6.48. The fourth-order valence-electron chi connectivity index (χ4n) is 0.576. The van der Waals surface area contributed by atoms with Crippen LogP contribution in [0.5, 0.6) is 0 Å². The molecule has 0 bridgehead atoms. The van der Waals surface area contributed by atoms with Crippen molar-refractivity contribution in [2.75, 3.05) is 6.54 Å². The SMILES string of the molecule is C=CCCNC(C)CC. The van der Waals surface area contributed by atoms with Crippen LogP contribution >= 0.6 is 0 Å².